The topological polar surface area (TPSA) is 104 Å². The van der Waals surface area contributed by atoms with E-state index in [1.165, 1.54) is 48.6 Å². The fraction of sp³-hybridized carbons (Fsp3) is 0.393. The number of para-hydroxylation sites is 1. The number of Topliss-reactive ketones (excluding diaryl/α,β-unsaturated/α-hetero) is 1. The largest absolute Gasteiger partial charge is 0.384 e. The first-order valence-corrected chi connectivity index (χ1v) is 12.7. The maximum atomic E-state index is 13.2. The molecule has 8 nitrogen and oxygen atoms in total. The molecule has 4 rings (SSSR count). The van der Waals surface area contributed by atoms with Gasteiger partial charge in [-0.15, -0.1) is 0 Å². The molecule has 1 aliphatic rings. The number of nitrogens with one attached hydrogen (secondary N) is 2. The number of benzene rings is 2. The summed E-state index contributed by atoms with van der Waals surface area (Å²) in [5.41, 5.74) is 7.70. The third-order valence-electron chi connectivity index (χ3n) is 7.27. The molecule has 8 heteroatoms. The van der Waals surface area contributed by atoms with Crippen LogP contribution in [0.5, 0.6) is 0 Å². The van der Waals surface area contributed by atoms with Gasteiger partial charge >= 0.3 is 5.69 Å². The third-order valence-corrected chi connectivity index (χ3v) is 7.27. The van der Waals surface area contributed by atoms with Gasteiger partial charge in [0.15, 0.2) is 5.78 Å². The molecule has 0 saturated heterocycles. The van der Waals surface area contributed by atoms with Crippen molar-refractivity contribution < 1.29 is 9.69 Å². The Labute approximate surface area is 211 Å². The molecule has 1 saturated carbocycles. The fourth-order valence-corrected chi connectivity index (χ4v) is 5.12. The van der Waals surface area contributed by atoms with E-state index in [-0.39, 0.29) is 24.5 Å². The molecule has 2 aromatic carbocycles. The first kappa shape index (κ1) is 25.4. The molecule has 1 aliphatic carbocycles. The lowest BCUT2D eigenvalue weighted by molar-refractivity contribution is -0.921. The van der Waals surface area contributed by atoms with Gasteiger partial charge in [0.1, 0.15) is 17.9 Å². The Morgan fingerprint density at radius 2 is 1.69 bits per heavy atom. The lowest BCUT2D eigenvalue weighted by atomic mass is 9.94. The molecule has 1 atom stereocenters. The van der Waals surface area contributed by atoms with Crippen molar-refractivity contribution in [3.05, 3.63) is 92.1 Å². The van der Waals surface area contributed by atoms with Gasteiger partial charge in [0.05, 0.1) is 26.2 Å². The standard InChI is InChI=1S/C28H35N5O3/c1-31(22-14-7-4-8-15-22)19-21-13-9-10-16-23(21)30-17-24(34)25-26(29)33(28(36)32(2)27(25)35)18-20-11-5-3-6-12-20/h3,5-6,9-13,16,22,30H,4,7-8,14-15,17-19,29H2,1-2H3/p+1. The highest BCUT2D eigenvalue weighted by atomic mass is 16.2. The highest BCUT2D eigenvalue weighted by Crippen LogP contribution is 2.18. The number of nitrogens with zero attached hydrogens (tertiary/aromatic N) is 2. The number of nitrogen functional groups attached to an aromatic ring is 1. The molecular formula is C28H36N5O3+. The van der Waals surface area contributed by atoms with Crippen LogP contribution in [0.3, 0.4) is 0 Å². The number of hydrogen-bond donors (Lipinski definition) is 3. The molecule has 4 N–H and O–H groups in total. The molecule has 1 unspecified atom stereocenters. The minimum Gasteiger partial charge on any atom is -0.384 e. The van der Waals surface area contributed by atoms with Crippen molar-refractivity contribution in [1.82, 2.24) is 9.13 Å². The van der Waals surface area contributed by atoms with E-state index in [1.54, 1.807) is 0 Å². The zero-order valence-corrected chi connectivity index (χ0v) is 21.1. The van der Waals surface area contributed by atoms with E-state index in [4.69, 9.17) is 5.73 Å². The van der Waals surface area contributed by atoms with Crippen LogP contribution in [0.4, 0.5) is 11.5 Å². The Kier molecular flexibility index (Phi) is 8.05. The van der Waals surface area contributed by atoms with Crippen LogP contribution in [0.1, 0.15) is 53.6 Å². The number of carbonyl (C=O) groups excluding carboxylic acids is 1. The first-order chi connectivity index (χ1) is 17.4. The molecule has 0 spiro atoms. The average molecular weight is 491 g/mol. The van der Waals surface area contributed by atoms with Crippen molar-refractivity contribution >= 4 is 17.3 Å². The van der Waals surface area contributed by atoms with E-state index >= 15 is 0 Å². The van der Waals surface area contributed by atoms with Crippen molar-refractivity contribution in [3.8, 4) is 0 Å². The molecule has 0 bridgehead atoms. The lowest BCUT2D eigenvalue weighted by Crippen LogP contribution is -3.11. The maximum absolute atomic E-state index is 13.2. The van der Waals surface area contributed by atoms with E-state index in [0.29, 0.717) is 6.04 Å². The smallest absolute Gasteiger partial charge is 0.332 e. The molecule has 0 radical (unpaired) electrons. The zero-order chi connectivity index (χ0) is 25.7. The van der Waals surface area contributed by atoms with Crippen LogP contribution in [-0.4, -0.2) is 34.6 Å². The Bertz CT molecular complexity index is 1320. The monoisotopic (exact) mass is 490 g/mol. The minimum absolute atomic E-state index is 0.0948. The van der Waals surface area contributed by atoms with Crippen LogP contribution in [0.15, 0.2) is 64.2 Å². The van der Waals surface area contributed by atoms with Gasteiger partial charge < -0.3 is 16.0 Å². The molecule has 0 aliphatic heterocycles. The van der Waals surface area contributed by atoms with Gasteiger partial charge in [-0.05, 0) is 37.3 Å². The molecule has 0 amide bonds. The number of carbonyl (C=O) groups is 1. The van der Waals surface area contributed by atoms with Gasteiger partial charge in [-0.25, -0.2) is 4.79 Å². The summed E-state index contributed by atoms with van der Waals surface area (Å²) in [6.07, 6.45) is 6.41. The van der Waals surface area contributed by atoms with Crippen LogP contribution >= 0.6 is 0 Å². The molecule has 1 aromatic heterocycles. The Hall–Kier alpha value is -3.65. The predicted molar refractivity (Wildman–Crippen MR) is 143 cm³/mol. The van der Waals surface area contributed by atoms with Crippen LogP contribution in [-0.2, 0) is 20.1 Å². The molecule has 1 heterocycles. The molecule has 1 fully saturated rings. The number of quaternary nitrogens is 1. The van der Waals surface area contributed by atoms with Crippen molar-refractivity contribution in [3.63, 3.8) is 0 Å². The van der Waals surface area contributed by atoms with Crippen LogP contribution in [0, 0.1) is 0 Å². The van der Waals surface area contributed by atoms with E-state index in [2.05, 4.69) is 18.4 Å². The molecule has 190 valence electrons. The van der Waals surface area contributed by atoms with Crippen molar-refractivity contribution in [2.24, 2.45) is 7.05 Å². The van der Waals surface area contributed by atoms with E-state index in [0.717, 1.165) is 27.9 Å². The SMILES string of the molecule is Cn1c(=O)c(C(=O)CNc2ccccc2C[NH+](C)C2CCCCC2)c(N)n(Cc2ccccc2)c1=O. The quantitative estimate of drug-likeness (QED) is 0.397. The van der Waals surface area contributed by atoms with Crippen molar-refractivity contribution in [2.75, 3.05) is 24.6 Å². The second-order valence-corrected chi connectivity index (χ2v) is 9.77. The van der Waals surface area contributed by atoms with Gasteiger partial charge in [0.2, 0.25) is 0 Å². The van der Waals surface area contributed by atoms with E-state index in [9.17, 15) is 14.4 Å². The number of nitrogens with two attached hydrogens (primary N) is 1. The van der Waals surface area contributed by atoms with Crippen LogP contribution in [0.25, 0.3) is 0 Å². The summed E-state index contributed by atoms with van der Waals surface area (Å²) in [7, 11) is 3.60. The second-order valence-electron chi connectivity index (χ2n) is 9.77. The number of anilines is 2. The van der Waals surface area contributed by atoms with Crippen molar-refractivity contribution in [2.45, 2.75) is 51.2 Å². The normalized spacial score (nSPS) is 14.9. The number of aromatic nitrogens is 2. The molecule has 36 heavy (non-hydrogen) atoms. The van der Waals surface area contributed by atoms with Gasteiger partial charge in [-0.1, -0.05) is 55.0 Å². The number of rotatable bonds is 9. The Morgan fingerprint density at radius 1 is 1.03 bits per heavy atom. The Balaban J connectivity index is 1.53. The first-order valence-electron chi connectivity index (χ1n) is 12.7. The summed E-state index contributed by atoms with van der Waals surface area (Å²) in [5.74, 6) is -0.550. The predicted octanol–water partition coefficient (Wildman–Crippen LogP) is 1.82. The van der Waals surface area contributed by atoms with E-state index < -0.39 is 17.0 Å². The van der Waals surface area contributed by atoms with Crippen molar-refractivity contribution in [1.29, 1.82) is 0 Å². The summed E-state index contributed by atoms with van der Waals surface area (Å²) < 4.78 is 2.23. The number of hydrogen-bond acceptors (Lipinski definition) is 5. The highest BCUT2D eigenvalue weighted by molar-refractivity contribution is 6.02. The average Bonchev–Trinajstić information content (AvgIpc) is 2.90. The zero-order valence-electron chi connectivity index (χ0n) is 21.1. The fourth-order valence-electron chi connectivity index (χ4n) is 5.12. The van der Waals surface area contributed by atoms with Crippen LogP contribution in [0.2, 0.25) is 0 Å². The van der Waals surface area contributed by atoms with Gasteiger partial charge in [0, 0.05) is 18.3 Å². The van der Waals surface area contributed by atoms with Gasteiger partial charge in [0.25, 0.3) is 5.56 Å². The molecular weight excluding hydrogens is 454 g/mol. The lowest BCUT2D eigenvalue weighted by Gasteiger charge is -2.28. The summed E-state index contributed by atoms with van der Waals surface area (Å²) >= 11 is 0. The Morgan fingerprint density at radius 3 is 2.42 bits per heavy atom. The minimum atomic E-state index is -0.677. The maximum Gasteiger partial charge on any atom is 0.332 e. The highest BCUT2D eigenvalue weighted by Gasteiger charge is 2.24. The van der Waals surface area contributed by atoms with Gasteiger partial charge in [-0.2, -0.15) is 0 Å². The summed E-state index contributed by atoms with van der Waals surface area (Å²) in [4.78, 5) is 40.3. The van der Waals surface area contributed by atoms with E-state index in [1.807, 2.05) is 48.5 Å². The summed E-state index contributed by atoms with van der Waals surface area (Å²) in [6, 6.07) is 17.9. The second kappa shape index (κ2) is 11.4. The number of ketones is 1. The van der Waals surface area contributed by atoms with Crippen LogP contribution < -0.4 is 27.2 Å². The summed E-state index contributed by atoms with van der Waals surface area (Å²) in [6.45, 7) is 0.933. The van der Waals surface area contributed by atoms with Gasteiger partial charge in [-0.3, -0.25) is 18.7 Å². The molecule has 3 aromatic rings. The summed E-state index contributed by atoms with van der Waals surface area (Å²) in [5, 5.41) is 3.22. The third kappa shape index (κ3) is 5.60.